The lowest BCUT2D eigenvalue weighted by molar-refractivity contribution is -0.617. The molecule has 0 spiro atoms. The van der Waals surface area contributed by atoms with Crippen LogP contribution >= 0.6 is 0 Å². The molecule has 0 fully saturated rings. The van der Waals surface area contributed by atoms with Crippen LogP contribution in [0.3, 0.4) is 0 Å². The zero-order chi connectivity index (χ0) is 20.7. The fraction of sp³-hybridized carbons (Fsp3) is 0.240. The molecule has 4 nitrogen and oxygen atoms in total. The van der Waals surface area contributed by atoms with E-state index in [1.807, 2.05) is 12.1 Å². The maximum Gasteiger partial charge on any atom is 0.215 e. The molecule has 30 heavy (non-hydrogen) atoms. The SMILES string of the molecule is COc1ccc(-c2c3ccc(N(C)C)cc3[n+](C)c3cc(N(C)C)ccc23)cc1.[Br-]. The van der Waals surface area contributed by atoms with Crippen LogP contribution in [0.25, 0.3) is 32.9 Å². The molecule has 0 unspecified atom stereocenters. The highest BCUT2D eigenvalue weighted by molar-refractivity contribution is 6.08. The molecule has 0 saturated heterocycles. The summed E-state index contributed by atoms with van der Waals surface area (Å²) in [5, 5.41) is 2.49. The van der Waals surface area contributed by atoms with E-state index in [1.54, 1.807) is 7.11 Å². The van der Waals surface area contributed by atoms with Gasteiger partial charge in [-0.05, 0) is 42.0 Å². The average molecular weight is 466 g/mol. The Hall–Kier alpha value is -2.79. The third kappa shape index (κ3) is 3.70. The first-order valence-electron chi connectivity index (χ1n) is 9.79. The minimum atomic E-state index is 0. The Kier molecular flexibility index (Phi) is 6.22. The van der Waals surface area contributed by atoms with E-state index in [4.69, 9.17) is 4.74 Å². The molecule has 4 aromatic rings. The van der Waals surface area contributed by atoms with Crippen LogP contribution in [0.2, 0.25) is 0 Å². The number of aromatic nitrogens is 1. The highest BCUT2D eigenvalue weighted by Gasteiger charge is 2.20. The van der Waals surface area contributed by atoms with E-state index in [9.17, 15) is 0 Å². The fourth-order valence-electron chi connectivity index (χ4n) is 3.92. The van der Waals surface area contributed by atoms with Crippen LogP contribution in [0.5, 0.6) is 5.75 Å². The van der Waals surface area contributed by atoms with Gasteiger partial charge in [0.05, 0.1) is 17.9 Å². The first-order chi connectivity index (χ1) is 13.9. The fourth-order valence-corrected chi connectivity index (χ4v) is 3.92. The second-order valence-electron chi connectivity index (χ2n) is 7.85. The van der Waals surface area contributed by atoms with Gasteiger partial charge in [0.1, 0.15) is 12.8 Å². The maximum atomic E-state index is 5.37. The summed E-state index contributed by atoms with van der Waals surface area (Å²) in [7, 11) is 12.2. The maximum absolute atomic E-state index is 5.37. The molecule has 0 N–H and O–H groups in total. The molecule has 3 aromatic carbocycles. The van der Waals surface area contributed by atoms with E-state index in [1.165, 1.54) is 44.3 Å². The van der Waals surface area contributed by atoms with E-state index >= 15 is 0 Å². The number of ether oxygens (including phenoxy) is 1. The Labute approximate surface area is 189 Å². The molecule has 0 bridgehead atoms. The number of aryl methyl sites for hydroxylation is 1. The summed E-state index contributed by atoms with van der Waals surface area (Å²) < 4.78 is 7.67. The van der Waals surface area contributed by atoms with Crippen molar-refractivity contribution < 1.29 is 26.3 Å². The topological polar surface area (TPSA) is 19.6 Å². The van der Waals surface area contributed by atoms with Gasteiger partial charge >= 0.3 is 0 Å². The van der Waals surface area contributed by atoms with Gasteiger partial charge in [0.25, 0.3) is 0 Å². The minimum absolute atomic E-state index is 0. The zero-order valence-corrected chi connectivity index (χ0v) is 20.0. The van der Waals surface area contributed by atoms with Crippen molar-refractivity contribution in [1.29, 1.82) is 0 Å². The molecule has 0 aliphatic rings. The second-order valence-corrected chi connectivity index (χ2v) is 7.85. The Morgan fingerprint density at radius 1 is 0.700 bits per heavy atom. The Bertz CT molecular complexity index is 1130. The van der Waals surface area contributed by atoms with Gasteiger partial charge in [-0.1, -0.05) is 12.1 Å². The third-order valence-electron chi connectivity index (χ3n) is 5.64. The first kappa shape index (κ1) is 21.9. The van der Waals surface area contributed by atoms with Crippen LogP contribution in [-0.2, 0) is 7.05 Å². The van der Waals surface area contributed by atoms with Crippen LogP contribution in [-0.4, -0.2) is 35.3 Å². The van der Waals surface area contributed by atoms with Crippen molar-refractivity contribution in [3.8, 4) is 16.9 Å². The molecule has 1 heterocycles. The van der Waals surface area contributed by atoms with Crippen LogP contribution in [0, 0.1) is 0 Å². The molecule has 0 aliphatic heterocycles. The quantitative estimate of drug-likeness (QED) is 0.337. The van der Waals surface area contributed by atoms with Crippen molar-refractivity contribution in [3.05, 3.63) is 60.7 Å². The van der Waals surface area contributed by atoms with Crippen molar-refractivity contribution >= 4 is 33.2 Å². The molecule has 4 rings (SSSR count). The Balaban J connectivity index is 0.00000256. The molecule has 0 radical (unpaired) electrons. The summed E-state index contributed by atoms with van der Waals surface area (Å²) in [5.74, 6) is 0.869. The number of hydrogen-bond acceptors (Lipinski definition) is 3. The number of anilines is 2. The van der Waals surface area contributed by atoms with Crippen LogP contribution in [0.15, 0.2) is 60.7 Å². The number of fused-ring (bicyclic) bond motifs is 2. The van der Waals surface area contributed by atoms with E-state index in [-0.39, 0.29) is 17.0 Å². The Morgan fingerprint density at radius 3 is 1.57 bits per heavy atom. The molecule has 5 heteroatoms. The summed E-state index contributed by atoms with van der Waals surface area (Å²) in [5.41, 5.74) is 7.26. The van der Waals surface area contributed by atoms with Gasteiger partial charge in [-0.3, -0.25) is 0 Å². The predicted molar refractivity (Wildman–Crippen MR) is 123 cm³/mol. The molecule has 0 amide bonds. The largest absolute Gasteiger partial charge is 1.00 e. The van der Waals surface area contributed by atoms with Crippen molar-refractivity contribution in [2.45, 2.75) is 0 Å². The average Bonchev–Trinajstić information content (AvgIpc) is 2.73. The van der Waals surface area contributed by atoms with Crippen LogP contribution < -0.4 is 36.1 Å². The molecule has 0 saturated carbocycles. The van der Waals surface area contributed by atoms with Gasteiger partial charge in [0, 0.05) is 57.3 Å². The number of methoxy groups -OCH3 is 1. The molecular formula is C25H28BrN3O. The Morgan fingerprint density at radius 2 is 1.17 bits per heavy atom. The normalized spacial score (nSPS) is 10.7. The van der Waals surface area contributed by atoms with Crippen molar-refractivity contribution in [2.24, 2.45) is 7.05 Å². The number of benzene rings is 3. The number of pyridine rings is 1. The summed E-state index contributed by atoms with van der Waals surface area (Å²) in [6.07, 6.45) is 0. The number of rotatable bonds is 4. The van der Waals surface area contributed by atoms with Crippen LogP contribution in [0.4, 0.5) is 11.4 Å². The van der Waals surface area contributed by atoms with Gasteiger partial charge in [-0.25, -0.2) is 0 Å². The lowest BCUT2D eigenvalue weighted by atomic mass is 9.95. The number of halogens is 1. The summed E-state index contributed by atoms with van der Waals surface area (Å²) in [6.45, 7) is 0. The molecule has 1 aromatic heterocycles. The van der Waals surface area contributed by atoms with E-state index in [0.29, 0.717) is 0 Å². The van der Waals surface area contributed by atoms with E-state index in [2.05, 4.69) is 98.1 Å². The van der Waals surface area contributed by atoms with Gasteiger partial charge in [-0.2, -0.15) is 4.57 Å². The number of hydrogen-bond donors (Lipinski definition) is 0. The molecule has 0 atom stereocenters. The van der Waals surface area contributed by atoms with E-state index in [0.717, 1.165) is 5.75 Å². The highest BCUT2D eigenvalue weighted by Crippen LogP contribution is 2.36. The van der Waals surface area contributed by atoms with Crippen molar-refractivity contribution in [3.63, 3.8) is 0 Å². The summed E-state index contributed by atoms with van der Waals surface area (Å²) in [4.78, 5) is 4.29. The van der Waals surface area contributed by atoms with Crippen molar-refractivity contribution in [1.82, 2.24) is 0 Å². The smallest absolute Gasteiger partial charge is 0.215 e. The van der Waals surface area contributed by atoms with Crippen molar-refractivity contribution in [2.75, 3.05) is 45.1 Å². The van der Waals surface area contributed by atoms with Gasteiger partial charge in [0.2, 0.25) is 11.0 Å². The van der Waals surface area contributed by atoms with Crippen LogP contribution in [0.1, 0.15) is 0 Å². The summed E-state index contributed by atoms with van der Waals surface area (Å²) >= 11 is 0. The van der Waals surface area contributed by atoms with E-state index < -0.39 is 0 Å². The molecule has 0 aliphatic carbocycles. The number of nitrogens with zero attached hydrogens (tertiary/aromatic N) is 3. The first-order valence-corrected chi connectivity index (χ1v) is 9.79. The zero-order valence-electron chi connectivity index (χ0n) is 18.4. The molecular weight excluding hydrogens is 438 g/mol. The highest BCUT2D eigenvalue weighted by atomic mass is 79.9. The molecule has 156 valence electrons. The minimum Gasteiger partial charge on any atom is -1.00 e. The van der Waals surface area contributed by atoms with Gasteiger partial charge in [-0.15, -0.1) is 0 Å². The monoisotopic (exact) mass is 465 g/mol. The van der Waals surface area contributed by atoms with Gasteiger partial charge in [0.15, 0.2) is 0 Å². The third-order valence-corrected chi connectivity index (χ3v) is 5.64. The second kappa shape index (κ2) is 8.52. The van der Waals surface area contributed by atoms with Gasteiger partial charge < -0.3 is 31.5 Å². The summed E-state index contributed by atoms with van der Waals surface area (Å²) in [6, 6.07) is 21.7. The lowest BCUT2D eigenvalue weighted by Crippen LogP contribution is -3.00. The lowest BCUT2D eigenvalue weighted by Gasteiger charge is -2.17. The predicted octanol–water partition coefficient (Wildman–Crippen LogP) is 1.63. The standard InChI is InChI=1S/C25H28N3O.BrH/c1-26(2)18-9-13-21-23(15-18)28(5)24-16-19(27(3)4)10-14-22(24)25(21)17-7-11-20(29-6)12-8-17;/h7-16H,1-6H3;1H/q+1;/p-1.